The van der Waals surface area contributed by atoms with E-state index in [9.17, 15) is 0 Å². The van der Waals surface area contributed by atoms with E-state index < -0.39 is 5.54 Å². The topological polar surface area (TPSA) is 26.0 Å². The van der Waals surface area contributed by atoms with E-state index in [1.165, 1.54) is 110 Å². The van der Waals surface area contributed by atoms with Crippen LogP contribution in [-0.4, -0.2) is 5.54 Å². The molecule has 0 spiro atoms. The maximum absolute atomic E-state index is 6.66. The molecule has 9 aromatic rings. The Balaban J connectivity index is 1.04. The number of hydrogen-bond acceptors (Lipinski definition) is 1. The van der Waals surface area contributed by atoms with Gasteiger partial charge in [0.05, 0.1) is 0 Å². The zero-order valence-electron chi connectivity index (χ0n) is 44.8. The normalized spacial score (nSPS) is 14.1. The van der Waals surface area contributed by atoms with Gasteiger partial charge < -0.3 is 5.73 Å². The lowest BCUT2D eigenvalue weighted by Crippen LogP contribution is -2.39. The van der Waals surface area contributed by atoms with E-state index in [1.54, 1.807) is 0 Å². The van der Waals surface area contributed by atoms with Crippen LogP contribution in [0, 0.1) is 0 Å². The van der Waals surface area contributed by atoms with Crippen LogP contribution in [0.3, 0.4) is 0 Å². The minimum absolute atomic E-state index is 0.00512. The Morgan fingerprint density at radius 1 is 0.514 bits per heavy atom. The van der Waals surface area contributed by atoms with Crippen LogP contribution in [0.15, 0.2) is 183 Å². The van der Waals surface area contributed by atoms with Crippen LogP contribution in [0.25, 0.3) is 82.0 Å². The average Bonchev–Trinajstić information content (AvgIpc) is 3.60. The Kier molecular flexibility index (Phi) is 12.2. The van der Waals surface area contributed by atoms with Crippen LogP contribution >= 0.6 is 0 Å². The number of allylic oxidation sites excluding steroid dienone is 2. The summed E-state index contributed by atoms with van der Waals surface area (Å²) in [7, 11) is 0. The van der Waals surface area contributed by atoms with Gasteiger partial charge in [0, 0.05) is 16.9 Å². The van der Waals surface area contributed by atoms with Crippen molar-refractivity contribution in [2.45, 2.75) is 123 Å². The van der Waals surface area contributed by atoms with E-state index in [4.69, 9.17) is 5.73 Å². The second-order valence-corrected chi connectivity index (χ2v) is 23.6. The third kappa shape index (κ3) is 8.44. The molecule has 2 N–H and O–H groups in total. The third-order valence-corrected chi connectivity index (χ3v) is 16.7. The summed E-state index contributed by atoms with van der Waals surface area (Å²) in [6.45, 7) is 34.1. The largest absolute Gasteiger partial charge is 0.321 e. The smallest absolute Gasteiger partial charge is 0.0398 e. The lowest BCUT2D eigenvalue weighted by atomic mass is 9.79. The highest BCUT2D eigenvalue weighted by molar-refractivity contribution is 6.22. The molecule has 1 nitrogen and oxygen atoms in total. The van der Waals surface area contributed by atoms with Gasteiger partial charge in [0.1, 0.15) is 0 Å². The molecule has 362 valence electrons. The fourth-order valence-corrected chi connectivity index (χ4v) is 11.8. The SMILES string of the molecule is C=C(C=CC(=C)C(N)(CC)CC)c1ccc2c(c1)C(C)(C)c1cc(C(CC)c3ccc4cc(-c5c6ccc(C(C)(C)C)cc6c(-c6ccc7ccccc7c6)c6ccc(C(C)(C)C)cc56)ccc4c3)ccc1-2. The van der Waals surface area contributed by atoms with Crippen molar-refractivity contribution in [1.82, 2.24) is 0 Å². The molecule has 10 rings (SSSR count). The second kappa shape index (κ2) is 18.0. The Hall–Kier alpha value is -6.80. The summed E-state index contributed by atoms with van der Waals surface area (Å²) < 4.78 is 0. The molecule has 1 aliphatic rings. The van der Waals surface area contributed by atoms with Crippen LogP contribution < -0.4 is 5.73 Å². The van der Waals surface area contributed by atoms with Gasteiger partial charge in [0.15, 0.2) is 0 Å². The van der Waals surface area contributed by atoms with Gasteiger partial charge in [-0.05, 0) is 187 Å². The highest BCUT2D eigenvalue weighted by Crippen LogP contribution is 2.51. The Bertz CT molecular complexity index is 3680. The van der Waals surface area contributed by atoms with Gasteiger partial charge in [-0.15, -0.1) is 0 Å². The van der Waals surface area contributed by atoms with Gasteiger partial charge >= 0.3 is 0 Å². The molecule has 0 saturated carbocycles. The lowest BCUT2D eigenvalue weighted by Gasteiger charge is -2.27. The first kappa shape index (κ1) is 48.8. The van der Waals surface area contributed by atoms with Gasteiger partial charge in [-0.3, -0.25) is 0 Å². The summed E-state index contributed by atoms with van der Waals surface area (Å²) in [5, 5.41) is 10.2. The van der Waals surface area contributed by atoms with E-state index in [1.807, 2.05) is 0 Å². The van der Waals surface area contributed by atoms with Crippen molar-refractivity contribution in [3.05, 3.63) is 221 Å². The van der Waals surface area contributed by atoms with Crippen molar-refractivity contribution in [1.29, 1.82) is 0 Å². The van der Waals surface area contributed by atoms with E-state index in [-0.39, 0.29) is 22.2 Å². The van der Waals surface area contributed by atoms with Gasteiger partial charge in [-0.25, -0.2) is 0 Å². The Labute approximate surface area is 430 Å². The summed E-state index contributed by atoms with van der Waals surface area (Å²) >= 11 is 0. The average molecular weight is 940 g/mol. The molecule has 0 amide bonds. The molecule has 0 bridgehead atoms. The fourth-order valence-electron chi connectivity index (χ4n) is 11.8. The summed E-state index contributed by atoms with van der Waals surface area (Å²) in [5.74, 6) is 0.261. The Morgan fingerprint density at radius 2 is 1.00 bits per heavy atom. The third-order valence-electron chi connectivity index (χ3n) is 16.7. The minimum atomic E-state index is -0.393. The molecule has 1 atom stereocenters. The first-order valence-electron chi connectivity index (χ1n) is 26.5. The van der Waals surface area contributed by atoms with Crippen molar-refractivity contribution in [3.63, 3.8) is 0 Å². The molecule has 0 fully saturated rings. The van der Waals surface area contributed by atoms with E-state index in [0.29, 0.717) is 0 Å². The van der Waals surface area contributed by atoms with Crippen molar-refractivity contribution in [2.75, 3.05) is 0 Å². The predicted molar refractivity (Wildman–Crippen MR) is 316 cm³/mol. The zero-order valence-corrected chi connectivity index (χ0v) is 44.8. The van der Waals surface area contributed by atoms with Gasteiger partial charge in [-0.2, -0.15) is 0 Å². The predicted octanol–water partition coefficient (Wildman–Crippen LogP) is 19.7. The maximum Gasteiger partial charge on any atom is 0.0398 e. The summed E-state index contributed by atoms with van der Waals surface area (Å²) in [4.78, 5) is 0. The highest BCUT2D eigenvalue weighted by Gasteiger charge is 2.36. The molecule has 0 saturated heterocycles. The standard InChI is InChI=1S/C71H73N/c1-14-57(52-30-34-59-58-33-29-47(40-64(58)70(12,13)65(59)41-52)44(4)21-22-45(5)71(72,15-2)16-3)51-26-24-50-39-54(28-25-49(50)37-51)67-61-36-32-55(68(6,7)8)42-62(61)66(53-27-23-46-19-17-18-20-48(46)38-53)60-35-31-56(43-63(60)67)69(9,10)11/h17-43,57H,4-5,14-16,72H2,1-3,6-13H3. The number of rotatable bonds is 11. The number of nitrogens with two attached hydrogens (primary N) is 1. The van der Waals surface area contributed by atoms with Crippen molar-refractivity contribution in [2.24, 2.45) is 5.73 Å². The first-order chi connectivity index (χ1) is 34.2. The molecular weight excluding hydrogens is 867 g/mol. The van der Waals surface area contributed by atoms with Crippen LogP contribution in [0.5, 0.6) is 0 Å². The van der Waals surface area contributed by atoms with Crippen LogP contribution in [0.1, 0.15) is 140 Å². The molecule has 1 aliphatic carbocycles. The summed E-state index contributed by atoms with van der Waals surface area (Å²) in [6.07, 6.45) is 6.85. The molecular formula is C71H73N. The van der Waals surface area contributed by atoms with E-state index in [0.717, 1.165) is 36.0 Å². The molecule has 0 aromatic heterocycles. The van der Waals surface area contributed by atoms with Crippen molar-refractivity contribution >= 4 is 48.7 Å². The molecule has 72 heavy (non-hydrogen) atoms. The van der Waals surface area contributed by atoms with Gasteiger partial charge in [0.2, 0.25) is 0 Å². The van der Waals surface area contributed by atoms with Gasteiger partial charge in [0.25, 0.3) is 0 Å². The second-order valence-electron chi connectivity index (χ2n) is 23.6. The molecule has 0 radical (unpaired) electrons. The van der Waals surface area contributed by atoms with Gasteiger partial charge in [-0.1, -0.05) is 223 Å². The molecule has 1 unspecified atom stereocenters. The maximum atomic E-state index is 6.66. The molecule has 9 aromatic carbocycles. The summed E-state index contributed by atoms with van der Waals surface area (Å²) in [6, 6.07) is 58.7. The number of fused-ring (bicyclic) bond motifs is 7. The van der Waals surface area contributed by atoms with E-state index >= 15 is 0 Å². The first-order valence-corrected chi connectivity index (χ1v) is 26.5. The number of benzene rings is 9. The zero-order chi connectivity index (χ0) is 51.1. The summed E-state index contributed by atoms with van der Waals surface area (Å²) in [5.41, 5.74) is 25.0. The van der Waals surface area contributed by atoms with Crippen molar-refractivity contribution in [3.8, 4) is 33.4 Å². The Morgan fingerprint density at radius 3 is 1.57 bits per heavy atom. The lowest BCUT2D eigenvalue weighted by molar-refractivity contribution is 0.475. The van der Waals surface area contributed by atoms with Crippen LogP contribution in [-0.2, 0) is 16.2 Å². The molecule has 1 heteroatoms. The van der Waals surface area contributed by atoms with Crippen LogP contribution in [0.4, 0.5) is 0 Å². The molecule has 0 aliphatic heterocycles. The number of hydrogen-bond donors (Lipinski definition) is 1. The van der Waals surface area contributed by atoms with Crippen molar-refractivity contribution < 1.29 is 0 Å². The monoisotopic (exact) mass is 940 g/mol. The highest BCUT2D eigenvalue weighted by atomic mass is 14.7. The fraction of sp³-hybridized carbons (Fsp3) is 0.268. The van der Waals surface area contributed by atoms with E-state index in [2.05, 4.69) is 253 Å². The minimum Gasteiger partial charge on any atom is -0.321 e. The van der Waals surface area contributed by atoms with Crippen LogP contribution in [0.2, 0.25) is 0 Å². The quantitative estimate of drug-likeness (QED) is 0.101. The molecule has 0 heterocycles.